The lowest BCUT2D eigenvalue weighted by molar-refractivity contribution is 0.203. The fourth-order valence-electron chi connectivity index (χ4n) is 2.48. The van der Waals surface area contributed by atoms with Crippen LogP contribution in [0.5, 0.6) is 0 Å². The normalized spacial score (nSPS) is 23.4. The molecule has 4 nitrogen and oxygen atoms in total. The number of benzene rings is 1. The average Bonchev–Trinajstić information content (AvgIpc) is 3.07. The number of carbonyl (C=O) groups excluding carboxylic acids is 1. The highest BCUT2D eigenvalue weighted by molar-refractivity contribution is 6.06. The van der Waals surface area contributed by atoms with Crippen LogP contribution in [-0.4, -0.2) is 23.3 Å². The van der Waals surface area contributed by atoms with E-state index in [0.717, 1.165) is 17.7 Å². The van der Waals surface area contributed by atoms with Gasteiger partial charge in [0, 0.05) is 6.54 Å². The second-order valence-electron chi connectivity index (χ2n) is 5.26. The molecule has 94 valence electrons. The molecule has 1 unspecified atom stereocenters. The molecule has 0 aromatic heterocycles. The smallest absolute Gasteiger partial charge is 0.310 e. The van der Waals surface area contributed by atoms with Gasteiger partial charge in [-0.05, 0) is 31.2 Å². The van der Waals surface area contributed by atoms with Gasteiger partial charge in [0.25, 0.3) is 0 Å². The van der Waals surface area contributed by atoms with Crippen molar-refractivity contribution in [2.45, 2.75) is 25.8 Å². The quantitative estimate of drug-likeness (QED) is 0.841. The Morgan fingerprint density at radius 1 is 1.44 bits per heavy atom. The molecule has 0 spiro atoms. The van der Waals surface area contributed by atoms with Crippen LogP contribution in [0.3, 0.4) is 0 Å². The minimum absolute atomic E-state index is 0.126. The van der Waals surface area contributed by atoms with Crippen LogP contribution < -0.4 is 5.32 Å². The minimum atomic E-state index is -0.224. The predicted octanol–water partition coefficient (Wildman–Crippen LogP) is 2.45. The maximum Gasteiger partial charge on any atom is 0.323 e. The fraction of sp³-hybridized carbons (Fsp3) is 0.429. The Hall–Kier alpha value is -1.84. The number of amides is 2. The van der Waals surface area contributed by atoms with Gasteiger partial charge in [0.15, 0.2) is 0 Å². The molecule has 0 radical (unpaired) electrons. The van der Waals surface area contributed by atoms with Gasteiger partial charge in [-0.15, -0.1) is 0 Å². The molecule has 1 aromatic rings. The molecule has 1 aliphatic carbocycles. The summed E-state index contributed by atoms with van der Waals surface area (Å²) in [6.45, 7) is 2.80. The average molecular weight is 243 g/mol. The van der Waals surface area contributed by atoms with Crippen molar-refractivity contribution in [2.75, 3.05) is 6.54 Å². The molecule has 1 atom stereocenters. The van der Waals surface area contributed by atoms with E-state index in [4.69, 9.17) is 5.41 Å². The number of rotatable bonds is 3. The first-order valence-electron chi connectivity index (χ1n) is 6.38. The van der Waals surface area contributed by atoms with Gasteiger partial charge in [0.05, 0.1) is 0 Å². The van der Waals surface area contributed by atoms with Crippen LogP contribution in [0.2, 0.25) is 0 Å². The largest absolute Gasteiger partial charge is 0.323 e. The van der Waals surface area contributed by atoms with Crippen LogP contribution in [0.15, 0.2) is 24.3 Å². The molecule has 1 saturated carbocycles. The summed E-state index contributed by atoms with van der Waals surface area (Å²) < 4.78 is 0. The number of aryl methyl sites for hydroxylation is 1. The zero-order valence-electron chi connectivity index (χ0n) is 10.4. The van der Waals surface area contributed by atoms with Crippen LogP contribution in [0, 0.1) is 18.3 Å². The second kappa shape index (κ2) is 4.12. The molecule has 1 aliphatic heterocycles. The molecule has 18 heavy (non-hydrogen) atoms. The molecule has 1 saturated heterocycles. The van der Waals surface area contributed by atoms with Crippen LogP contribution in [0.4, 0.5) is 4.79 Å². The molecule has 3 rings (SSSR count). The summed E-state index contributed by atoms with van der Waals surface area (Å²) >= 11 is 0. The van der Waals surface area contributed by atoms with E-state index >= 15 is 0 Å². The van der Waals surface area contributed by atoms with Crippen molar-refractivity contribution in [1.82, 2.24) is 10.2 Å². The third-order valence-electron chi connectivity index (χ3n) is 3.60. The highest BCUT2D eigenvalue weighted by atomic mass is 16.2. The number of hydrogen-bond donors (Lipinski definition) is 2. The number of urea groups is 1. The van der Waals surface area contributed by atoms with E-state index in [1.54, 1.807) is 4.90 Å². The van der Waals surface area contributed by atoms with E-state index < -0.39 is 0 Å². The van der Waals surface area contributed by atoms with E-state index in [1.807, 2.05) is 25.1 Å². The molecule has 1 aromatic carbocycles. The van der Waals surface area contributed by atoms with E-state index in [1.165, 1.54) is 12.8 Å². The summed E-state index contributed by atoms with van der Waals surface area (Å²) in [5, 5.41) is 10.6. The summed E-state index contributed by atoms with van der Waals surface area (Å²) in [7, 11) is 0. The van der Waals surface area contributed by atoms with Crippen molar-refractivity contribution >= 4 is 11.9 Å². The summed E-state index contributed by atoms with van der Waals surface area (Å²) in [6, 6.07) is 7.71. The van der Waals surface area contributed by atoms with E-state index in [2.05, 4.69) is 11.4 Å². The van der Waals surface area contributed by atoms with Crippen molar-refractivity contribution in [3.63, 3.8) is 0 Å². The van der Waals surface area contributed by atoms with Crippen LogP contribution in [0.25, 0.3) is 0 Å². The maximum atomic E-state index is 11.9. The monoisotopic (exact) mass is 243 g/mol. The van der Waals surface area contributed by atoms with Crippen LogP contribution >= 0.6 is 0 Å². The number of nitrogens with zero attached hydrogens (tertiary/aromatic N) is 1. The molecule has 1 heterocycles. The molecular weight excluding hydrogens is 226 g/mol. The summed E-state index contributed by atoms with van der Waals surface area (Å²) in [5.41, 5.74) is 2.19. The first-order valence-corrected chi connectivity index (χ1v) is 6.38. The van der Waals surface area contributed by atoms with Gasteiger partial charge < -0.3 is 4.90 Å². The fourth-order valence-corrected chi connectivity index (χ4v) is 2.48. The van der Waals surface area contributed by atoms with Gasteiger partial charge in [-0.2, -0.15) is 0 Å². The number of carbonyl (C=O) groups is 1. The first-order chi connectivity index (χ1) is 8.65. The Morgan fingerprint density at radius 2 is 2.22 bits per heavy atom. The zero-order valence-corrected chi connectivity index (χ0v) is 10.4. The van der Waals surface area contributed by atoms with Crippen molar-refractivity contribution < 1.29 is 4.79 Å². The summed E-state index contributed by atoms with van der Waals surface area (Å²) in [5.74, 6) is 0.931. The molecule has 2 fully saturated rings. The van der Waals surface area contributed by atoms with Crippen molar-refractivity contribution in [2.24, 2.45) is 5.92 Å². The topological polar surface area (TPSA) is 56.2 Å². The van der Waals surface area contributed by atoms with E-state index in [-0.39, 0.29) is 12.1 Å². The van der Waals surface area contributed by atoms with Gasteiger partial charge in [-0.1, -0.05) is 29.8 Å². The van der Waals surface area contributed by atoms with Gasteiger partial charge in [-0.3, -0.25) is 10.7 Å². The lowest BCUT2D eigenvalue weighted by Crippen LogP contribution is -2.31. The Bertz CT molecular complexity index is 508. The van der Waals surface area contributed by atoms with E-state index in [0.29, 0.717) is 11.8 Å². The van der Waals surface area contributed by atoms with Gasteiger partial charge in [-0.25, -0.2) is 4.79 Å². The number of nitrogens with one attached hydrogen (secondary N) is 2. The Kier molecular flexibility index (Phi) is 2.58. The summed E-state index contributed by atoms with van der Waals surface area (Å²) in [6.07, 6.45) is 2.41. The highest BCUT2D eigenvalue weighted by Crippen LogP contribution is 2.34. The second-order valence-corrected chi connectivity index (χ2v) is 5.26. The Balaban J connectivity index is 1.91. The third-order valence-corrected chi connectivity index (χ3v) is 3.60. The summed E-state index contributed by atoms with van der Waals surface area (Å²) in [4.78, 5) is 13.7. The van der Waals surface area contributed by atoms with Crippen molar-refractivity contribution in [3.8, 4) is 0 Å². The van der Waals surface area contributed by atoms with Crippen molar-refractivity contribution in [1.29, 1.82) is 5.41 Å². The molecule has 2 amide bonds. The van der Waals surface area contributed by atoms with Crippen molar-refractivity contribution in [3.05, 3.63) is 35.4 Å². The molecule has 0 bridgehead atoms. The zero-order chi connectivity index (χ0) is 12.7. The first kappa shape index (κ1) is 11.3. The Morgan fingerprint density at radius 3 is 2.89 bits per heavy atom. The predicted molar refractivity (Wildman–Crippen MR) is 69.6 cm³/mol. The number of amidine groups is 1. The lowest BCUT2D eigenvalue weighted by Gasteiger charge is -2.23. The Labute approximate surface area is 106 Å². The standard InChI is InChI=1S/C14H17N3O/c1-9-3-2-4-11(7-9)12-13(15)16-14(18)17(12)8-10-5-6-10/h2-4,7,10,12H,5-6,8H2,1H3,(H2,15,16,18). The maximum absolute atomic E-state index is 11.9. The van der Waals surface area contributed by atoms with Gasteiger partial charge in [0.1, 0.15) is 11.9 Å². The van der Waals surface area contributed by atoms with Gasteiger partial charge >= 0.3 is 6.03 Å². The molecule has 2 N–H and O–H groups in total. The third kappa shape index (κ3) is 1.98. The minimum Gasteiger partial charge on any atom is -0.310 e. The van der Waals surface area contributed by atoms with Crippen LogP contribution in [-0.2, 0) is 0 Å². The SMILES string of the molecule is Cc1cccc(C2C(=N)NC(=O)N2CC2CC2)c1. The lowest BCUT2D eigenvalue weighted by atomic mass is 10.0. The highest BCUT2D eigenvalue weighted by Gasteiger charge is 2.39. The molecule has 4 heteroatoms. The van der Waals surface area contributed by atoms with E-state index in [9.17, 15) is 4.79 Å². The molecule has 2 aliphatic rings. The van der Waals surface area contributed by atoms with Crippen LogP contribution in [0.1, 0.15) is 30.0 Å². The van der Waals surface area contributed by atoms with Gasteiger partial charge in [0.2, 0.25) is 0 Å². The molecular formula is C14H17N3O. The number of hydrogen-bond acceptors (Lipinski definition) is 2.